The summed E-state index contributed by atoms with van der Waals surface area (Å²) in [4.78, 5) is 10.9. The lowest BCUT2D eigenvalue weighted by Gasteiger charge is -2.14. The molecule has 1 unspecified atom stereocenters. The molecule has 0 saturated heterocycles. The lowest BCUT2D eigenvalue weighted by atomic mass is 10.3. The van der Waals surface area contributed by atoms with Gasteiger partial charge < -0.3 is 14.8 Å². The van der Waals surface area contributed by atoms with Gasteiger partial charge in [-0.1, -0.05) is 0 Å². The molecule has 0 aliphatic heterocycles. The van der Waals surface area contributed by atoms with Gasteiger partial charge >= 0.3 is 0 Å². The standard InChI is InChI=1S/C13H21N5S/c1-9-8-19-12(16-9)10(2)14-6-11-7-15-13(17(3)4)18(11)5/h7-8,10,14H,6H2,1-5H3. The van der Waals surface area contributed by atoms with Gasteiger partial charge in [0.2, 0.25) is 5.95 Å². The minimum atomic E-state index is 0.261. The number of rotatable bonds is 5. The second kappa shape index (κ2) is 5.71. The third-order valence-electron chi connectivity index (χ3n) is 3.06. The molecule has 2 aromatic heterocycles. The van der Waals surface area contributed by atoms with E-state index in [0.29, 0.717) is 0 Å². The van der Waals surface area contributed by atoms with E-state index >= 15 is 0 Å². The quantitative estimate of drug-likeness (QED) is 0.910. The number of hydrogen-bond acceptors (Lipinski definition) is 5. The zero-order valence-electron chi connectivity index (χ0n) is 12.1. The van der Waals surface area contributed by atoms with E-state index in [1.54, 1.807) is 11.3 Å². The van der Waals surface area contributed by atoms with E-state index in [1.165, 1.54) is 5.69 Å². The van der Waals surface area contributed by atoms with Crippen molar-refractivity contribution in [3.8, 4) is 0 Å². The molecule has 0 aromatic carbocycles. The van der Waals surface area contributed by atoms with E-state index in [1.807, 2.05) is 39.2 Å². The van der Waals surface area contributed by atoms with Gasteiger partial charge in [-0.25, -0.2) is 9.97 Å². The van der Waals surface area contributed by atoms with Crippen molar-refractivity contribution in [2.45, 2.75) is 26.4 Å². The fourth-order valence-corrected chi connectivity index (χ4v) is 2.76. The first-order valence-corrected chi connectivity index (χ1v) is 7.20. The minimum Gasteiger partial charge on any atom is -0.348 e. The van der Waals surface area contributed by atoms with Crippen LogP contribution >= 0.6 is 11.3 Å². The molecule has 0 aliphatic carbocycles. The molecule has 2 aromatic rings. The average Bonchev–Trinajstić information content (AvgIpc) is 2.93. The first-order valence-electron chi connectivity index (χ1n) is 6.32. The topological polar surface area (TPSA) is 46.0 Å². The molecule has 0 amide bonds. The van der Waals surface area contributed by atoms with E-state index in [4.69, 9.17) is 0 Å². The molecular weight excluding hydrogens is 258 g/mol. The van der Waals surface area contributed by atoms with Crippen LogP contribution in [-0.2, 0) is 13.6 Å². The van der Waals surface area contributed by atoms with Crippen molar-refractivity contribution >= 4 is 17.3 Å². The summed E-state index contributed by atoms with van der Waals surface area (Å²) in [6, 6.07) is 0.261. The molecular formula is C13H21N5S. The van der Waals surface area contributed by atoms with Crippen LogP contribution in [0.25, 0.3) is 0 Å². The molecule has 0 radical (unpaired) electrons. The second-order valence-corrected chi connectivity index (χ2v) is 5.82. The zero-order valence-corrected chi connectivity index (χ0v) is 13.0. The van der Waals surface area contributed by atoms with E-state index in [9.17, 15) is 0 Å². The third-order valence-corrected chi connectivity index (χ3v) is 4.20. The van der Waals surface area contributed by atoms with Crippen molar-refractivity contribution in [3.63, 3.8) is 0 Å². The summed E-state index contributed by atoms with van der Waals surface area (Å²) < 4.78 is 2.10. The number of hydrogen-bond donors (Lipinski definition) is 1. The molecule has 1 N–H and O–H groups in total. The molecule has 2 heterocycles. The fraction of sp³-hybridized carbons (Fsp3) is 0.538. The summed E-state index contributed by atoms with van der Waals surface area (Å²) in [6.45, 7) is 4.95. The third kappa shape index (κ3) is 3.13. The molecule has 19 heavy (non-hydrogen) atoms. The summed E-state index contributed by atoms with van der Waals surface area (Å²) in [6.07, 6.45) is 1.92. The molecule has 104 valence electrons. The van der Waals surface area contributed by atoms with Crippen molar-refractivity contribution in [1.82, 2.24) is 19.9 Å². The van der Waals surface area contributed by atoms with Crippen molar-refractivity contribution in [2.75, 3.05) is 19.0 Å². The predicted molar refractivity (Wildman–Crippen MR) is 79.6 cm³/mol. The summed E-state index contributed by atoms with van der Waals surface area (Å²) >= 11 is 1.70. The summed E-state index contributed by atoms with van der Waals surface area (Å²) in [5.74, 6) is 0.967. The number of aromatic nitrogens is 3. The van der Waals surface area contributed by atoms with Gasteiger partial charge in [0, 0.05) is 38.8 Å². The van der Waals surface area contributed by atoms with Crippen molar-refractivity contribution in [1.29, 1.82) is 0 Å². The number of imidazole rings is 1. The number of nitrogens with zero attached hydrogens (tertiary/aromatic N) is 4. The lowest BCUT2D eigenvalue weighted by molar-refractivity contribution is 0.555. The van der Waals surface area contributed by atoms with Gasteiger partial charge in [0.1, 0.15) is 5.01 Å². The van der Waals surface area contributed by atoms with Crippen molar-refractivity contribution < 1.29 is 0 Å². The Morgan fingerprint density at radius 3 is 2.74 bits per heavy atom. The maximum absolute atomic E-state index is 4.50. The van der Waals surface area contributed by atoms with Crippen LogP contribution in [0.2, 0.25) is 0 Å². The Morgan fingerprint density at radius 2 is 2.21 bits per heavy atom. The summed E-state index contributed by atoms with van der Waals surface area (Å²) in [5.41, 5.74) is 2.26. The van der Waals surface area contributed by atoms with Crippen molar-refractivity contribution in [3.05, 3.63) is 28.0 Å². The zero-order chi connectivity index (χ0) is 14.0. The van der Waals surface area contributed by atoms with Crippen LogP contribution < -0.4 is 10.2 Å². The molecule has 0 spiro atoms. The van der Waals surface area contributed by atoms with Gasteiger partial charge in [-0.2, -0.15) is 0 Å². The van der Waals surface area contributed by atoms with Crippen LogP contribution in [0, 0.1) is 6.92 Å². The molecule has 0 fully saturated rings. The Balaban J connectivity index is 1.99. The van der Waals surface area contributed by atoms with Crippen LogP contribution in [0.1, 0.15) is 29.4 Å². The van der Waals surface area contributed by atoms with Crippen LogP contribution in [0.3, 0.4) is 0 Å². The maximum Gasteiger partial charge on any atom is 0.204 e. The molecule has 0 bridgehead atoms. The first-order chi connectivity index (χ1) is 8.99. The number of aryl methyl sites for hydroxylation is 1. The van der Waals surface area contributed by atoms with Gasteiger partial charge in [0.05, 0.1) is 17.9 Å². The number of nitrogens with one attached hydrogen (secondary N) is 1. The van der Waals surface area contributed by atoms with Crippen LogP contribution in [0.15, 0.2) is 11.6 Å². The highest BCUT2D eigenvalue weighted by Gasteiger charge is 2.12. The van der Waals surface area contributed by atoms with Crippen LogP contribution in [0.5, 0.6) is 0 Å². The molecule has 0 aliphatic rings. The highest BCUT2D eigenvalue weighted by Crippen LogP contribution is 2.18. The van der Waals surface area contributed by atoms with Crippen LogP contribution in [0.4, 0.5) is 5.95 Å². The van der Waals surface area contributed by atoms with Gasteiger partial charge in [0.25, 0.3) is 0 Å². The van der Waals surface area contributed by atoms with E-state index in [-0.39, 0.29) is 6.04 Å². The van der Waals surface area contributed by atoms with Gasteiger partial charge in [-0.05, 0) is 13.8 Å². The van der Waals surface area contributed by atoms with E-state index in [0.717, 1.165) is 23.2 Å². The molecule has 5 nitrogen and oxygen atoms in total. The van der Waals surface area contributed by atoms with Gasteiger partial charge in [-0.3, -0.25) is 0 Å². The Morgan fingerprint density at radius 1 is 1.47 bits per heavy atom. The smallest absolute Gasteiger partial charge is 0.204 e. The molecule has 2 rings (SSSR count). The van der Waals surface area contributed by atoms with Crippen LogP contribution in [-0.4, -0.2) is 28.6 Å². The largest absolute Gasteiger partial charge is 0.348 e. The Bertz CT molecular complexity index is 543. The first kappa shape index (κ1) is 14.0. The molecule has 0 saturated carbocycles. The Labute approximate surface area is 118 Å². The SMILES string of the molecule is Cc1csc(C(C)NCc2cnc(N(C)C)n2C)n1. The monoisotopic (exact) mass is 279 g/mol. The van der Waals surface area contributed by atoms with E-state index in [2.05, 4.69) is 32.2 Å². The predicted octanol–water partition coefficient (Wildman–Crippen LogP) is 2.10. The average molecular weight is 279 g/mol. The second-order valence-electron chi connectivity index (χ2n) is 4.93. The highest BCUT2D eigenvalue weighted by atomic mass is 32.1. The Kier molecular flexibility index (Phi) is 4.21. The Hall–Kier alpha value is -1.40. The minimum absolute atomic E-state index is 0.261. The summed E-state index contributed by atoms with van der Waals surface area (Å²) in [7, 11) is 6.04. The van der Waals surface area contributed by atoms with Gasteiger partial charge in [0.15, 0.2) is 0 Å². The molecule has 6 heteroatoms. The normalized spacial score (nSPS) is 12.7. The number of anilines is 1. The van der Waals surface area contributed by atoms with E-state index < -0.39 is 0 Å². The summed E-state index contributed by atoms with van der Waals surface area (Å²) in [5, 5.41) is 6.71. The fourth-order valence-electron chi connectivity index (χ4n) is 1.93. The molecule has 1 atom stereocenters. The number of thiazole rings is 1. The highest BCUT2D eigenvalue weighted by molar-refractivity contribution is 7.09. The lowest BCUT2D eigenvalue weighted by Crippen LogP contribution is -2.20. The maximum atomic E-state index is 4.50. The van der Waals surface area contributed by atoms with Crippen molar-refractivity contribution in [2.24, 2.45) is 7.05 Å². The van der Waals surface area contributed by atoms with Gasteiger partial charge in [-0.15, -0.1) is 11.3 Å².